The maximum atomic E-state index is 13.2. The normalized spacial score (nSPS) is 21.5. The van der Waals surface area contributed by atoms with Crippen LogP contribution in [0.1, 0.15) is 49.7 Å². The zero-order valence-corrected chi connectivity index (χ0v) is 20.5. The minimum atomic E-state index is -0.350. The van der Waals surface area contributed by atoms with Gasteiger partial charge in [-0.15, -0.1) is 0 Å². The number of aromatic amines is 1. The summed E-state index contributed by atoms with van der Waals surface area (Å²) in [7, 11) is 0. The molecule has 3 aliphatic heterocycles. The quantitative estimate of drug-likeness (QED) is 0.590. The van der Waals surface area contributed by atoms with Crippen molar-refractivity contribution < 1.29 is 14.7 Å². The highest BCUT2D eigenvalue weighted by Crippen LogP contribution is 2.39. The Morgan fingerprint density at radius 3 is 2.81 bits per heavy atom. The molecule has 1 unspecified atom stereocenters. The van der Waals surface area contributed by atoms with Gasteiger partial charge < -0.3 is 25.2 Å². The highest BCUT2D eigenvalue weighted by Gasteiger charge is 2.42. The molecule has 3 N–H and O–H groups in total. The summed E-state index contributed by atoms with van der Waals surface area (Å²) < 4.78 is 0. The molecule has 6 rings (SSSR count). The Hall–Kier alpha value is -3.46. The number of aliphatic hydroxyl groups is 1. The third-order valence-electron chi connectivity index (χ3n) is 8.10. The molecule has 0 aromatic carbocycles. The number of nitrogens with one attached hydrogen (secondary N) is 2. The van der Waals surface area contributed by atoms with E-state index in [1.54, 1.807) is 19.3 Å². The van der Waals surface area contributed by atoms with Crippen molar-refractivity contribution >= 4 is 23.2 Å². The first-order chi connectivity index (χ1) is 17.5. The van der Waals surface area contributed by atoms with Gasteiger partial charge in [0.05, 0.1) is 12.6 Å². The van der Waals surface area contributed by atoms with Crippen molar-refractivity contribution in [1.82, 2.24) is 14.9 Å². The molecule has 4 aliphatic rings. The minimum absolute atomic E-state index is 0.00614. The number of aliphatic hydroxyl groups excluding tert-OH is 1. The number of Topliss-reactive ketones (excluding diaryl/α,β-unsaturated/α-hetero) is 1. The van der Waals surface area contributed by atoms with E-state index in [0.717, 1.165) is 61.8 Å². The van der Waals surface area contributed by atoms with Gasteiger partial charge >= 0.3 is 0 Å². The predicted octanol–water partition coefficient (Wildman–Crippen LogP) is 2.49. The monoisotopic (exact) mass is 489 g/mol. The maximum Gasteiger partial charge on any atom is 0.272 e. The lowest BCUT2D eigenvalue weighted by Crippen LogP contribution is -2.38. The molecule has 5 heterocycles. The second-order valence-corrected chi connectivity index (χ2v) is 10.3. The molecule has 1 atom stereocenters. The summed E-state index contributed by atoms with van der Waals surface area (Å²) >= 11 is 0. The van der Waals surface area contributed by atoms with E-state index in [4.69, 9.17) is 0 Å². The van der Waals surface area contributed by atoms with Gasteiger partial charge in [0, 0.05) is 66.8 Å². The molecule has 2 fully saturated rings. The first kappa shape index (κ1) is 23.0. The van der Waals surface area contributed by atoms with E-state index < -0.39 is 0 Å². The van der Waals surface area contributed by atoms with Crippen molar-refractivity contribution in [3.8, 4) is 11.1 Å². The summed E-state index contributed by atoms with van der Waals surface area (Å²) in [5.74, 6) is 0.732. The first-order valence-corrected chi connectivity index (χ1v) is 12.9. The highest BCUT2D eigenvalue weighted by molar-refractivity contribution is 6.04. The molecule has 1 saturated carbocycles. The van der Waals surface area contributed by atoms with Crippen LogP contribution in [-0.2, 0) is 16.2 Å². The van der Waals surface area contributed by atoms with E-state index in [2.05, 4.69) is 25.1 Å². The number of hydrogen-bond acceptors (Lipinski definition) is 7. The lowest BCUT2D eigenvalue weighted by atomic mass is 9.96. The fourth-order valence-corrected chi connectivity index (χ4v) is 5.99. The van der Waals surface area contributed by atoms with E-state index in [9.17, 15) is 19.5 Å². The van der Waals surface area contributed by atoms with Crippen LogP contribution >= 0.6 is 0 Å². The molecule has 1 saturated heterocycles. The molecular formula is C27H31N5O4. The molecule has 36 heavy (non-hydrogen) atoms. The molecule has 2 aromatic heterocycles. The van der Waals surface area contributed by atoms with Crippen LogP contribution in [0.2, 0.25) is 0 Å². The molecule has 1 amide bonds. The lowest BCUT2D eigenvalue weighted by molar-refractivity contribution is -0.119. The molecule has 2 aromatic rings. The zero-order valence-electron chi connectivity index (χ0n) is 20.5. The third-order valence-corrected chi connectivity index (χ3v) is 8.10. The molecule has 188 valence electrons. The van der Waals surface area contributed by atoms with E-state index in [-0.39, 0.29) is 41.5 Å². The number of aromatic nitrogens is 2. The van der Waals surface area contributed by atoms with Crippen molar-refractivity contribution in [3.05, 3.63) is 51.2 Å². The molecule has 9 nitrogen and oxygen atoms in total. The topological polar surface area (TPSA) is 119 Å². The second-order valence-electron chi connectivity index (χ2n) is 10.3. The fraction of sp³-hybridized carbons (Fsp3) is 0.481. The van der Waals surface area contributed by atoms with Gasteiger partial charge in [0.2, 0.25) is 5.91 Å². The molecule has 1 aliphatic carbocycles. The van der Waals surface area contributed by atoms with E-state index in [1.807, 2.05) is 6.07 Å². The molecule has 0 bridgehead atoms. The number of nitrogens with zero attached hydrogens (tertiary/aromatic N) is 3. The average molecular weight is 490 g/mol. The van der Waals surface area contributed by atoms with Crippen LogP contribution in [-0.4, -0.2) is 57.3 Å². The number of rotatable bonds is 5. The molecule has 0 radical (unpaired) electrons. The largest absolute Gasteiger partial charge is 0.392 e. The van der Waals surface area contributed by atoms with Crippen molar-refractivity contribution in [1.29, 1.82) is 0 Å². The third kappa shape index (κ3) is 3.73. The van der Waals surface area contributed by atoms with Crippen molar-refractivity contribution in [3.63, 3.8) is 0 Å². The smallest absolute Gasteiger partial charge is 0.272 e. The standard InChI is InChI=1S/C27H31N5O4/c1-15-18(12-29-27(36)23(15)30-26(35)16-5-6-16)17-7-9-28-25(20(17)14-33)31-11-8-21-19(13-31)24(34)22-4-2-3-10-32(21)22/h7,9,12,16,22,33H,2-6,8,10-11,13-14H2,1H3,(H,29,36)(H,30,35). The first-order valence-electron chi connectivity index (χ1n) is 12.9. The number of carbonyl (C=O) groups excluding carboxylic acids is 2. The van der Waals surface area contributed by atoms with Crippen LogP contribution < -0.4 is 15.8 Å². The van der Waals surface area contributed by atoms with Crippen LogP contribution in [0.15, 0.2) is 34.5 Å². The zero-order chi connectivity index (χ0) is 25.0. The Morgan fingerprint density at radius 2 is 2.03 bits per heavy atom. The Kier molecular flexibility index (Phi) is 5.67. The second kappa shape index (κ2) is 8.89. The Morgan fingerprint density at radius 1 is 1.19 bits per heavy atom. The van der Waals surface area contributed by atoms with Crippen LogP contribution in [0.3, 0.4) is 0 Å². The van der Waals surface area contributed by atoms with Crippen molar-refractivity contribution in [2.24, 2.45) is 5.92 Å². The van der Waals surface area contributed by atoms with E-state index in [0.29, 0.717) is 30.0 Å². The van der Waals surface area contributed by atoms with Gasteiger partial charge in [-0.05, 0) is 56.2 Å². The van der Waals surface area contributed by atoms with Crippen molar-refractivity contribution in [2.45, 2.75) is 58.1 Å². The molecule has 9 heteroatoms. The van der Waals surface area contributed by atoms with Gasteiger partial charge in [0.25, 0.3) is 5.56 Å². The molecule has 0 spiro atoms. The van der Waals surface area contributed by atoms with Crippen LogP contribution in [0.25, 0.3) is 11.1 Å². The highest BCUT2D eigenvalue weighted by atomic mass is 16.3. The van der Waals surface area contributed by atoms with E-state index in [1.165, 1.54) is 5.70 Å². The van der Waals surface area contributed by atoms with Gasteiger partial charge in [-0.25, -0.2) is 4.98 Å². The average Bonchev–Trinajstić information content (AvgIpc) is 3.72. The van der Waals surface area contributed by atoms with E-state index >= 15 is 0 Å². The summed E-state index contributed by atoms with van der Waals surface area (Å²) in [5, 5.41) is 13.2. The van der Waals surface area contributed by atoms with Crippen LogP contribution in [0, 0.1) is 12.8 Å². The number of hydrogen-bond donors (Lipinski definition) is 3. The summed E-state index contributed by atoms with van der Waals surface area (Å²) in [6, 6.07) is 1.81. The number of carbonyl (C=O) groups is 2. The summed E-state index contributed by atoms with van der Waals surface area (Å²) in [6.07, 6.45) is 8.94. The number of amides is 1. The number of fused-ring (bicyclic) bond motifs is 2. The number of ketones is 1. The van der Waals surface area contributed by atoms with Crippen LogP contribution in [0.5, 0.6) is 0 Å². The number of H-pyrrole nitrogens is 1. The number of anilines is 2. The number of piperidine rings is 1. The Bertz CT molecular complexity index is 1340. The summed E-state index contributed by atoms with van der Waals surface area (Å²) in [5.41, 5.74) is 4.71. The Labute approximate surface area is 209 Å². The summed E-state index contributed by atoms with van der Waals surface area (Å²) in [6.45, 7) is 3.71. The predicted molar refractivity (Wildman–Crippen MR) is 136 cm³/mol. The summed E-state index contributed by atoms with van der Waals surface area (Å²) in [4.78, 5) is 49.8. The fourth-order valence-electron chi connectivity index (χ4n) is 5.99. The van der Waals surface area contributed by atoms with Gasteiger partial charge in [-0.1, -0.05) is 0 Å². The lowest BCUT2D eigenvalue weighted by Gasteiger charge is -2.35. The van der Waals surface area contributed by atoms with Gasteiger partial charge in [-0.3, -0.25) is 14.4 Å². The maximum absolute atomic E-state index is 13.2. The Balaban J connectivity index is 1.34. The number of pyridine rings is 2. The molecular weight excluding hydrogens is 458 g/mol. The van der Waals surface area contributed by atoms with Gasteiger partial charge in [-0.2, -0.15) is 0 Å². The van der Waals surface area contributed by atoms with Crippen LogP contribution in [0.4, 0.5) is 11.5 Å². The van der Waals surface area contributed by atoms with Gasteiger partial charge in [0.15, 0.2) is 5.78 Å². The minimum Gasteiger partial charge on any atom is -0.392 e. The van der Waals surface area contributed by atoms with Gasteiger partial charge in [0.1, 0.15) is 11.5 Å². The van der Waals surface area contributed by atoms with Crippen molar-refractivity contribution in [2.75, 3.05) is 29.9 Å². The SMILES string of the molecule is Cc1c(-c2ccnc(N3CCC4=C(C3)C(=O)C3CCCCN43)c2CO)c[nH]c(=O)c1NC(=O)C1CC1.